The second-order valence-corrected chi connectivity index (χ2v) is 8.35. The molecule has 26 heavy (non-hydrogen) atoms. The number of β-lactam (4-membered cyclic amide) rings is 1. The molecule has 9 heteroatoms. The quantitative estimate of drug-likeness (QED) is 0.353. The largest absolute Gasteiger partial charge is 1.00 e. The first-order chi connectivity index (χ1) is 11.8. The molecule has 2 aliphatic heterocycles. The fourth-order valence-electron chi connectivity index (χ4n) is 3.35. The van der Waals surface area contributed by atoms with Crippen LogP contribution in [-0.4, -0.2) is 56.7 Å². The Hall–Kier alpha value is -1.35. The molecule has 0 radical (unpaired) electrons. The smallest absolute Gasteiger partial charge is 1.00 e. The molecule has 0 unspecified atom stereocenters. The van der Waals surface area contributed by atoms with Crippen LogP contribution in [0.25, 0.3) is 0 Å². The molecule has 3 rings (SSSR count). The maximum atomic E-state index is 12.5. The van der Waals surface area contributed by atoms with Crippen LogP contribution >= 0.6 is 11.8 Å². The summed E-state index contributed by atoms with van der Waals surface area (Å²) >= 11 is 1.39. The molecule has 0 aliphatic carbocycles. The van der Waals surface area contributed by atoms with E-state index in [1.165, 1.54) is 16.7 Å². The zero-order chi connectivity index (χ0) is 18.4. The van der Waals surface area contributed by atoms with Crippen molar-refractivity contribution in [3.63, 3.8) is 0 Å². The Morgan fingerprint density at radius 2 is 2.00 bits per heavy atom. The Balaban J connectivity index is 0.00000182. The number of benzene rings is 1. The van der Waals surface area contributed by atoms with E-state index in [0.29, 0.717) is 5.56 Å². The van der Waals surface area contributed by atoms with E-state index in [1.54, 1.807) is 38.1 Å². The molecule has 0 bridgehead atoms. The molecule has 1 aromatic rings. The number of fused-ring (bicyclic) bond motifs is 1. The molecule has 2 aliphatic rings. The van der Waals surface area contributed by atoms with Crippen LogP contribution in [0.15, 0.2) is 35.3 Å². The maximum absolute atomic E-state index is 12.5. The van der Waals surface area contributed by atoms with Gasteiger partial charge in [0.1, 0.15) is 17.5 Å². The molecule has 0 aromatic heterocycles. The number of aliphatic imine (C=N–C) groups is 1. The Morgan fingerprint density at radius 3 is 2.54 bits per heavy atom. The minimum Gasteiger partial charge on any atom is -1.00 e. The molecular formula is C17H20N3NaO4S. The number of carboxylic acids is 1. The van der Waals surface area contributed by atoms with Crippen molar-refractivity contribution >= 4 is 36.3 Å². The van der Waals surface area contributed by atoms with E-state index in [9.17, 15) is 19.5 Å². The number of nitrogens with zero attached hydrogens (tertiary/aromatic N) is 2. The number of amides is 2. The molecule has 0 saturated carbocycles. The Labute approximate surface area is 179 Å². The first-order valence-electron chi connectivity index (χ1n) is 7.82. The molecule has 2 heterocycles. The van der Waals surface area contributed by atoms with Crippen LogP contribution in [0.3, 0.4) is 0 Å². The molecule has 1 aromatic carbocycles. The number of hydrogen-bond acceptors (Lipinski definition) is 5. The Bertz CT molecular complexity index is 749. The van der Waals surface area contributed by atoms with E-state index >= 15 is 0 Å². The van der Waals surface area contributed by atoms with Gasteiger partial charge in [0.15, 0.2) is 6.04 Å². The standard InChI is InChI=1S/C17H19N3O4S.Na.H/c1-17(2)12(16(23)24)20-14(22)11(15(20)25-17)19-13(21)10(18-3)9-7-5-4-6-8-9;;/h4-8,10-12,15H,3H2,1-2H3,(H,19,21)(H,23,24);;/q;+1;-1/t10-,11-,12+,15-;;/m1../s1. The summed E-state index contributed by atoms with van der Waals surface area (Å²) in [4.78, 5) is 41.7. The van der Waals surface area contributed by atoms with Crippen LogP contribution in [0.1, 0.15) is 26.9 Å². The summed E-state index contributed by atoms with van der Waals surface area (Å²) in [5.41, 5.74) is 0.682. The van der Waals surface area contributed by atoms with Gasteiger partial charge in [-0.3, -0.25) is 14.6 Å². The third kappa shape index (κ3) is 3.43. The van der Waals surface area contributed by atoms with Crippen LogP contribution in [0.5, 0.6) is 0 Å². The first kappa shape index (κ1) is 21.0. The van der Waals surface area contributed by atoms with Gasteiger partial charge < -0.3 is 16.7 Å². The van der Waals surface area contributed by atoms with Crippen molar-refractivity contribution in [3.8, 4) is 0 Å². The van der Waals surface area contributed by atoms with Crippen molar-refractivity contribution in [3.05, 3.63) is 35.9 Å². The minimum absolute atomic E-state index is 0. The predicted molar refractivity (Wildman–Crippen MR) is 95.5 cm³/mol. The molecule has 2 amide bonds. The van der Waals surface area contributed by atoms with Crippen molar-refractivity contribution in [2.24, 2.45) is 4.99 Å². The van der Waals surface area contributed by atoms with Crippen molar-refractivity contribution in [1.82, 2.24) is 10.2 Å². The number of thioether (sulfide) groups is 1. The third-order valence-electron chi connectivity index (χ3n) is 4.52. The topological polar surface area (TPSA) is 99.1 Å². The molecular weight excluding hydrogens is 365 g/mol. The monoisotopic (exact) mass is 385 g/mol. The fourth-order valence-corrected chi connectivity index (χ4v) is 4.98. The number of aliphatic carboxylic acids is 1. The van der Waals surface area contributed by atoms with Gasteiger partial charge in [-0.25, -0.2) is 4.79 Å². The van der Waals surface area contributed by atoms with Crippen molar-refractivity contribution in [1.29, 1.82) is 0 Å². The average Bonchev–Trinajstić information content (AvgIpc) is 2.82. The second-order valence-electron chi connectivity index (χ2n) is 6.58. The van der Waals surface area contributed by atoms with E-state index < -0.39 is 34.7 Å². The molecule has 2 saturated heterocycles. The van der Waals surface area contributed by atoms with Crippen LogP contribution in [0.4, 0.5) is 0 Å². The summed E-state index contributed by atoms with van der Waals surface area (Å²) in [5, 5.41) is 11.7. The molecule has 2 fully saturated rings. The number of carboxylic acid groups (broad SMARTS) is 1. The fraction of sp³-hybridized carbons (Fsp3) is 0.412. The summed E-state index contributed by atoms with van der Waals surface area (Å²) in [7, 11) is 0. The zero-order valence-electron chi connectivity index (χ0n) is 15.9. The number of carbonyl (C=O) groups is 3. The van der Waals surface area contributed by atoms with Gasteiger partial charge in [0.25, 0.3) is 0 Å². The zero-order valence-corrected chi connectivity index (χ0v) is 17.7. The van der Waals surface area contributed by atoms with Gasteiger partial charge in [0, 0.05) is 4.75 Å². The van der Waals surface area contributed by atoms with Gasteiger partial charge in [0.2, 0.25) is 11.8 Å². The molecule has 0 spiro atoms. The maximum Gasteiger partial charge on any atom is 1.00 e. The number of nitrogens with one attached hydrogen (secondary N) is 1. The summed E-state index contributed by atoms with van der Waals surface area (Å²) in [6, 6.07) is 6.51. The van der Waals surface area contributed by atoms with Gasteiger partial charge in [-0.2, -0.15) is 0 Å². The van der Waals surface area contributed by atoms with E-state index in [2.05, 4.69) is 17.0 Å². The Kier molecular flexibility index (Phi) is 6.22. The van der Waals surface area contributed by atoms with Crippen molar-refractivity contribution < 1.29 is 50.5 Å². The minimum atomic E-state index is -1.03. The van der Waals surface area contributed by atoms with E-state index in [-0.39, 0.29) is 42.3 Å². The third-order valence-corrected chi connectivity index (χ3v) is 6.09. The van der Waals surface area contributed by atoms with Gasteiger partial charge in [-0.1, -0.05) is 30.3 Å². The SMILES string of the molecule is C=N[C@@H](C(=O)N[C@@H]1C(=O)N2[C@@H]1SC(C)(C)[C@@H]2C(=O)O)c1ccccc1.[H-].[Na+]. The first-order valence-corrected chi connectivity index (χ1v) is 8.70. The van der Waals surface area contributed by atoms with Gasteiger partial charge in [-0.15, -0.1) is 11.8 Å². The van der Waals surface area contributed by atoms with Gasteiger partial charge in [-0.05, 0) is 26.1 Å². The molecule has 134 valence electrons. The summed E-state index contributed by atoms with van der Waals surface area (Å²) in [6.07, 6.45) is 0. The number of hydrogen-bond donors (Lipinski definition) is 2. The van der Waals surface area contributed by atoms with E-state index in [1.807, 2.05) is 6.07 Å². The van der Waals surface area contributed by atoms with Crippen molar-refractivity contribution in [2.75, 3.05) is 0 Å². The second kappa shape index (κ2) is 7.72. The van der Waals surface area contributed by atoms with Gasteiger partial charge >= 0.3 is 35.5 Å². The van der Waals surface area contributed by atoms with Crippen LogP contribution in [-0.2, 0) is 14.4 Å². The molecule has 7 nitrogen and oxygen atoms in total. The summed E-state index contributed by atoms with van der Waals surface area (Å²) in [6.45, 7) is 7.05. The molecule has 4 atom stereocenters. The number of carbonyl (C=O) groups excluding carboxylic acids is 2. The summed E-state index contributed by atoms with van der Waals surface area (Å²) in [5.74, 6) is -1.83. The number of rotatable bonds is 5. The molecule has 2 N–H and O–H groups in total. The average molecular weight is 385 g/mol. The normalized spacial score (nSPS) is 26.8. The van der Waals surface area contributed by atoms with Crippen molar-refractivity contribution in [2.45, 2.75) is 42.1 Å². The van der Waals surface area contributed by atoms with E-state index in [0.717, 1.165) is 0 Å². The van der Waals surface area contributed by atoms with Crippen LogP contribution in [0.2, 0.25) is 0 Å². The van der Waals surface area contributed by atoms with E-state index in [4.69, 9.17) is 0 Å². The predicted octanol–water partition coefficient (Wildman–Crippen LogP) is -1.82. The van der Waals surface area contributed by atoms with Crippen LogP contribution in [0, 0.1) is 0 Å². The van der Waals surface area contributed by atoms with Gasteiger partial charge in [0.05, 0.1) is 0 Å². The summed E-state index contributed by atoms with van der Waals surface area (Å²) < 4.78 is -0.624. The Morgan fingerprint density at radius 1 is 1.38 bits per heavy atom. The van der Waals surface area contributed by atoms with Crippen LogP contribution < -0.4 is 34.9 Å².